The van der Waals surface area contributed by atoms with Gasteiger partial charge in [-0.3, -0.25) is 0 Å². The number of hydrogen-bond donors (Lipinski definition) is 1. The molecular formula is C13H11Cl2NO. The number of aryl methyl sites for hydroxylation is 1. The fourth-order valence-electron chi connectivity index (χ4n) is 1.44. The van der Waals surface area contributed by atoms with Crippen LogP contribution in [0, 0.1) is 6.92 Å². The van der Waals surface area contributed by atoms with Gasteiger partial charge < -0.3 is 10.5 Å². The summed E-state index contributed by atoms with van der Waals surface area (Å²) in [5.74, 6) is 1.06. The van der Waals surface area contributed by atoms with Crippen LogP contribution in [0.1, 0.15) is 5.56 Å². The van der Waals surface area contributed by atoms with Crippen molar-refractivity contribution < 1.29 is 4.74 Å². The number of halogens is 2. The molecule has 0 aliphatic heterocycles. The molecule has 4 heteroatoms. The van der Waals surface area contributed by atoms with Crippen LogP contribution in [-0.4, -0.2) is 0 Å². The smallest absolute Gasteiger partial charge is 0.150 e. The number of ether oxygens (including phenoxy) is 1. The Balaban J connectivity index is 2.35. The van der Waals surface area contributed by atoms with Crippen LogP contribution in [-0.2, 0) is 0 Å². The molecule has 0 atom stereocenters. The minimum Gasteiger partial charge on any atom is -0.454 e. The second-order valence-electron chi connectivity index (χ2n) is 3.70. The number of nitrogen functional groups attached to an aromatic ring is 1. The van der Waals surface area contributed by atoms with Crippen molar-refractivity contribution in [1.82, 2.24) is 0 Å². The summed E-state index contributed by atoms with van der Waals surface area (Å²) in [7, 11) is 0. The first-order valence-corrected chi connectivity index (χ1v) is 5.81. The summed E-state index contributed by atoms with van der Waals surface area (Å²) in [6.45, 7) is 1.96. The van der Waals surface area contributed by atoms with E-state index in [0.29, 0.717) is 27.2 Å². The number of hydrogen-bond acceptors (Lipinski definition) is 2. The van der Waals surface area contributed by atoms with Crippen LogP contribution in [0.15, 0.2) is 36.4 Å². The molecule has 2 nitrogen and oxygen atoms in total. The van der Waals surface area contributed by atoms with E-state index in [9.17, 15) is 0 Å². The number of benzene rings is 2. The summed E-state index contributed by atoms with van der Waals surface area (Å²) in [5, 5.41) is 0.837. The summed E-state index contributed by atoms with van der Waals surface area (Å²) in [6.07, 6.45) is 0. The minimum atomic E-state index is 0.383. The lowest BCUT2D eigenvalue weighted by Crippen LogP contribution is -1.93. The van der Waals surface area contributed by atoms with E-state index in [2.05, 4.69) is 0 Å². The standard InChI is InChI=1S/C13H11Cl2NO/c1-8-5-6-11(10(16)7-8)17-12-4-2-3-9(14)13(12)15/h2-7H,16H2,1H3. The second-order valence-corrected chi connectivity index (χ2v) is 4.48. The lowest BCUT2D eigenvalue weighted by Gasteiger charge is -2.10. The molecule has 0 saturated heterocycles. The van der Waals surface area contributed by atoms with Gasteiger partial charge in [-0.1, -0.05) is 35.3 Å². The van der Waals surface area contributed by atoms with Crippen molar-refractivity contribution in [3.8, 4) is 11.5 Å². The Kier molecular flexibility index (Phi) is 3.46. The zero-order valence-electron chi connectivity index (χ0n) is 9.21. The first-order valence-electron chi connectivity index (χ1n) is 5.06. The second kappa shape index (κ2) is 4.86. The van der Waals surface area contributed by atoms with Crippen molar-refractivity contribution >= 4 is 28.9 Å². The van der Waals surface area contributed by atoms with Crippen LogP contribution in [0.3, 0.4) is 0 Å². The van der Waals surface area contributed by atoms with Gasteiger partial charge in [-0.25, -0.2) is 0 Å². The van der Waals surface area contributed by atoms with Gasteiger partial charge in [0.15, 0.2) is 0 Å². The van der Waals surface area contributed by atoms with E-state index in [0.717, 1.165) is 5.56 Å². The molecule has 2 N–H and O–H groups in total. The SMILES string of the molecule is Cc1ccc(Oc2cccc(Cl)c2Cl)c(N)c1. The first-order chi connectivity index (χ1) is 8.08. The topological polar surface area (TPSA) is 35.2 Å². The molecule has 2 rings (SSSR count). The molecule has 17 heavy (non-hydrogen) atoms. The highest BCUT2D eigenvalue weighted by molar-refractivity contribution is 6.42. The average Bonchev–Trinajstić information content (AvgIpc) is 2.28. The Morgan fingerprint density at radius 3 is 2.53 bits per heavy atom. The van der Waals surface area contributed by atoms with Crippen molar-refractivity contribution in [3.05, 3.63) is 52.0 Å². The number of rotatable bonds is 2. The van der Waals surface area contributed by atoms with Crippen molar-refractivity contribution in [2.75, 3.05) is 5.73 Å². The summed E-state index contributed by atoms with van der Waals surface area (Å²) in [5.41, 5.74) is 7.50. The highest BCUT2D eigenvalue weighted by Gasteiger charge is 2.08. The zero-order valence-corrected chi connectivity index (χ0v) is 10.7. The van der Waals surface area contributed by atoms with Crippen molar-refractivity contribution in [3.63, 3.8) is 0 Å². The number of nitrogens with two attached hydrogens (primary N) is 1. The molecule has 0 heterocycles. The lowest BCUT2D eigenvalue weighted by atomic mass is 10.2. The average molecular weight is 268 g/mol. The highest BCUT2D eigenvalue weighted by atomic mass is 35.5. The van der Waals surface area contributed by atoms with E-state index in [1.165, 1.54) is 0 Å². The largest absolute Gasteiger partial charge is 0.454 e. The van der Waals surface area contributed by atoms with Crippen LogP contribution in [0.2, 0.25) is 10.0 Å². The maximum Gasteiger partial charge on any atom is 0.150 e. The van der Waals surface area contributed by atoms with Gasteiger partial charge in [-0.05, 0) is 36.8 Å². The van der Waals surface area contributed by atoms with Crippen LogP contribution in [0.25, 0.3) is 0 Å². The third-order valence-electron chi connectivity index (χ3n) is 2.30. The molecular weight excluding hydrogens is 257 g/mol. The lowest BCUT2D eigenvalue weighted by molar-refractivity contribution is 0.485. The van der Waals surface area contributed by atoms with Crippen LogP contribution >= 0.6 is 23.2 Å². The fraction of sp³-hybridized carbons (Fsp3) is 0.0769. The van der Waals surface area contributed by atoms with Crippen molar-refractivity contribution in [2.24, 2.45) is 0 Å². The van der Waals surface area contributed by atoms with Gasteiger partial charge >= 0.3 is 0 Å². The molecule has 2 aromatic rings. The third kappa shape index (κ3) is 2.65. The predicted molar refractivity (Wildman–Crippen MR) is 72.1 cm³/mol. The molecule has 0 aliphatic carbocycles. The molecule has 0 fully saturated rings. The Bertz CT molecular complexity index is 555. The molecule has 88 valence electrons. The molecule has 0 amide bonds. The Morgan fingerprint density at radius 2 is 1.82 bits per heavy atom. The summed E-state index contributed by atoms with van der Waals surface area (Å²) >= 11 is 11.9. The quantitative estimate of drug-likeness (QED) is 0.803. The van der Waals surface area contributed by atoms with E-state index in [1.54, 1.807) is 18.2 Å². The highest BCUT2D eigenvalue weighted by Crippen LogP contribution is 2.36. The van der Waals surface area contributed by atoms with Gasteiger partial charge in [-0.2, -0.15) is 0 Å². The molecule has 2 aromatic carbocycles. The minimum absolute atomic E-state index is 0.383. The zero-order chi connectivity index (χ0) is 12.4. The van der Waals surface area contributed by atoms with Gasteiger partial charge in [0.05, 0.1) is 10.7 Å². The van der Waals surface area contributed by atoms with Crippen LogP contribution in [0.5, 0.6) is 11.5 Å². The Hall–Kier alpha value is -1.38. The molecule has 0 spiro atoms. The fourth-order valence-corrected chi connectivity index (χ4v) is 1.77. The summed E-state index contributed by atoms with van der Waals surface area (Å²) in [6, 6.07) is 10.8. The van der Waals surface area contributed by atoms with Crippen molar-refractivity contribution in [1.29, 1.82) is 0 Å². The van der Waals surface area contributed by atoms with E-state index in [4.69, 9.17) is 33.7 Å². The Morgan fingerprint density at radius 1 is 1.06 bits per heavy atom. The molecule has 0 unspecified atom stereocenters. The maximum absolute atomic E-state index is 6.03. The van der Waals surface area contributed by atoms with E-state index in [1.807, 2.05) is 25.1 Å². The van der Waals surface area contributed by atoms with Gasteiger partial charge in [0.1, 0.15) is 16.5 Å². The van der Waals surface area contributed by atoms with E-state index < -0.39 is 0 Å². The van der Waals surface area contributed by atoms with Crippen molar-refractivity contribution in [2.45, 2.75) is 6.92 Å². The Labute approximate surface area is 110 Å². The van der Waals surface area contributed by atoms with Gasteiger partial charge in [0.2, 0.25) is 0 Å². The van der Waals surface area contributed by atoms with Gasteiger partial charge in [0, 0.05) is 0 Å². The van der Waals surface area contributed by atoms with E-state index in [-0.39, 0.29) is 0 Å². The van der Waals surface area contributed by atoms with Crippen LogP contribution < -0.4 is 10.5 Å². The number of anilines is 1. The maximum atomic E-state index is 6.03. The molecule has 0 aromatic heterocycles. The molecule has 0 bridgehead atoms. The normalized spacial score (nSPS) is 10.3. The predicted octanol–water partition coefficient (Wildman–Crippen LogP) is 4.68. The van der Waals surface area contributed by atoms with Crippen LogP contribution in [0.4, 0.5) is 5.69 Å². The molecule has 0 saturated carbocycles. The summed E-state index contributed by atoms with van der Waals surface area (Å²) in [4.78, 5) is 0. The molecule has 0 radical (unpaired) electrons. The van der Waals surface area contributed by atoms with Gasteiger partial charge in [-0.15, -0.1) is 0 Å². The molecule has 0 aliphatic rings. The first kappa shape index (κ1) is 12.1. The van der Waals surface area contributed by atoms with E-state index >= 15 is 0 Å². The third-order valence-corrected chi connectivity index (χ3v) is 3.10. The summed E-state index contributed by atoms with van der Waals surface area (Å²) < 4.78 is 5.63. The monoisotopic (exact) mass is 267 g/mol. The van der Waals surface area contributed by atoms with Gasteiger partial charge in [0.25, 0.3) is 0 Å².